The third-order valence-corrected chi connectivity index (χ3v) is 2.64. The van der Waals surface area contributed by atoms with E-state index in [0.717, 1.165) is 26.1 Å². The first-order chi connectivity index (χ1) is 6.56. The highest BCUT2D eigenvalue weighted by Crippen LogP contribution is 2.05. The van der Waals surface area contributed by atoms with Gasteiger partial charge in [-0.15, -0.1) is 0 Å². The molecule has 1 unspecified atom stereocenters. The summed E-state index contributed by atoms with van der Waals surface area (Å²) in [7, 11) is 1.88. The van der Waals surface area contributed by atoms with Gasteiger partial charge in [-0.25, -0.2) is 4.79 Å². The molecule has 0 bridgehead atoms. The van der Waals surface area contributed by atoms with Gasteiger partial charge in [-0.3, -0.25) is 0 Å². The lowest BCUT2D eigenvalue weighted by Gasteiger charge is -2.27. The van der Waals surface area contributed by atoms with Crippen LogP contribution in [0.25, 0.3) is 0 Å². The van der Waals surface area contributed by atoms with Gasteiger partial charge in [-0.2, -0.15) is 0 Å². The lowest BCUT2D eigenvalue weighted by Crippen LogP contribution is -2.42. The smallest absolute Gasteiger partial charge is 0.319 e. The number of carbonyl (C=O) groups excluding carboxylic acids is 1. The second-order valence-corrected chi connectivity index (χ2v) is 3.85. The lowest BCUT2D eigenvalue weighted by molar-refractivity contribution is 0.161. The van der Waals surface area contributed by atoms with Crippen LogP contribution >= 0.6 is 0 Å². The quantitative estimate of drug-likeness (QED) is 0.668. The Hall–Kier alpha value is -0.730. The Bertz CT molecular complexity index is 167. The molecule has 0 aliphatic carbocycles. The summed E-state index contributed by atoms with van der Waals surface area (Å²) >= 11 is 0. The molecule has 2 amide bonds. The molecule has 0 spiro atoms. The molecule has 0 N–H and O–H groups in total. The molecule has 3 nitrogen and oxygen atoms in total. The molecule has 0 fully saturated rings. The van der Waals surface area contributed by atoms with Crippen molar-refractivity contribution in [3.8, 4) is 0 Å². The van der Waals surface area contributed by atoms with Crippen molar-refractivity contribution in [2.75, 3.05) is 26.7 Å². The fourth-order valence-electron chi connectivity index (χ4n) is 1.41. The van der Waals surface area contributed by atoms with Gasteiger partial charge in [0, 0.05) is 26.7 Å². The van der Waals surface area contributed by atoms with Crippen molar-refractivity contribution in [3.63, 3.8) is 0 Å². The summed E-state index contributed by atoms with van der Waals surface area (Å²) in [6, 6.07) is 0.148. The molecule has 0 aliphatic rings. The summed E-state index contributed by atoms with van der Waals surface area (Å²) in [5, 5.41) is 0. The molecule has 0 saturated carbocycles. The van der Waals surface area contributed by atoms with Gasteiger partial charge in [0.25, 0.3) is 0 Å². The standard InChI is InChI=1S/C11H24N2O/c1-6-10(4)9-12(5)11(14)13(7-2)8-3/h10H,6-9H2,1-5H3. The largest absolute Gasteiger partial charge is 0.327 e. The van der Waals surface area contributed by atoms with E-state index < -0.39 is 0 Å². The minimum absolute atomic E-state index is 0.148. The maximum absolute atomic E-state index is 11.8. The third-order valence-electron chi connectivity index (χ3n) is 2.64. The monoisotopic (exact) mass is 200 g/mol. The SMILES string of the molecule is CCC(C)CN(C)C(=O)N(CC)CC. The van der Waals surface area contributed by atoms with Gasteiger partial charge in [0.2, 0.25) is 0 Å². The summed E-state index contributed by atoms with van der Waals surface area (Å²) in [5.41, 5.74) is 0. The number of hydrogen-bond donors (Lipinski definition) is 0. The van der Waals surface area contributed by atoms with Crippen molar-refractivity contribution in [3.05, 3.63) is 0 Å². The van der Waals surface area contributed by atoms with E-state index in [9.17, 15) is 4.79 Å². The van der Waals surface area contributed by atoms with E-state index >= 15 is 0 Å². The first kappa shape index (κ1) is 13.3. The fraction of sp³-hybridized carbons (Fsp3) is 0.909. The van der Waals surface area contributed by atoms with Gasteiger partial charge in [0.15, 0.2) is 0 Å². The maximum Gasteiger partial charge on any atom is 0.319 e. The van der Waals surface area contributed by atoms with Crippen molar-refractivity contribution in [1.82, 2.24) is 9.80 Å². The van der Waals surface area contributed by atoms with Crippen LogP contribution in [0.5, 0.6) is 0 Å². The molecule has 0 heterocycles. The van der Waals surface area contributed by atoms with Crippen LogP contribution < -0.4 is 0 Å². The number of rotatable bonds is 5. The number of carbonyl (C=O) groups is 1. The van der Waals surface area contributed by atoms with Crippen LogP contribution in [0.15, 0.2) is 0 Å². The molecular formula is C11H24N2O. The first-order valence-corrected chi connectivity index (χ1v) is 5.56. The highest BCUT2D eigenvalue weighted by molar-refractivity contribution is 5.74. The van der Waals surface area contributed by atoms with E-state index in [1.807, 2.05) is 30.7 Å². The first-order valence-electron chi connectivity index (χ1n) is 5.56. The van der Waals surface area contributed by atoms with Crippen LogP contribution in [0.3, 0.4) is 0 Å². The number of amides is 2. The fourth-order valence-corrected chi connectivity index (χ4v) is 1.41. The second kappa shape index (κ2) is 6.68. The summed E-state index contributed by atoms with van der Waals surface area (Å²) in [6.07, 6.45) is 1.12. The second-order valence-electron chi connectivity index (χ2n) is 3.85. The van der Waals surface area contributed by atoms with Crippen molar-refractivity contribution in [1.29, 1.82) is 0 Å². The van der Waals surface area contributed by atoms with Gasteiger partial charge >= 0.3 is 6.03 Å². The Balaban J connectivity index is 4.09. The molecule has 0 aliphatic heterocycles. The highest BCUT2D eigenvalue weighted by atomic mass is 16.2. The minimum Gasteiger partial charge on any atom is -0.327 e. The molecule has 0 aromatic carbocycles. The van der Waals surface area contributed by atoms with Gasteiger partial charge in [-0.1, -0.05) is 20.3 Å². The van der Waals surface area contributed by atoms with Crippen LogP contribution in [0.2, 0.25) is 0 Å². The molecule has 0 aromatic rings. The maximum atomic E-state index is 11.8. The molecule has 0 rings (SSSR count). The average molecular weight is 200 g/mol. The van der Waals surface area contributed by atoms with Crippen LogP contribution in [0.4, 0.5) is 4.79 Å². The number of hydrogen-bond acceptors (Lipinski definition) is 1. The number of urea groups is 1. The van der Waals surface area contributed by atoms with Crippen molar-refractivity contribution in [2.24, 2.45) is 5.92 Å². The Morgan fingerprint density at radius 3 is 2.07 bits per heavy atom. The molecular weight excluding hydrogens is 176 g/mol. The zero-order valence-electron chi connectivity index (χ0n) is 10.2. The van der Waals surface area contributed by atoms with E-state index in [0.29, 0.717) is 5.92 Å². The van der Waals surface area contributed by atoms with Crippen molar-refractivity contribution < 1.29 is 4.79 Å². The molecule has 3 heteroatoms. The minimum atomic E-state index is 0.148. The summed E-state index contributed by atoms with van der Waals surface area (Å²) < 4.78 is 0. The molecule has 1 atom stereocenters. The van der Waals surface area contributed by atoms with Gasteiger partial charge in [-0.05, 0) is 19.8 Å². The number of nitrogens with zero attached hydrogens (tertiary/aromatic N) is 2. The van der Waals surface area contributed by atoms with Gasteiger partial charge in [0.05, 0.1) is 0 Å². The Kier molecular flexibility index (Phi) is 6.34. The highest BCUT2D eigenvalue weighted by Gasteiger charge is 2.15. The molecule has 0 saturated heterocycles. The van der Waals surface area contributed by atoms with E-state index in [2.05, 4.69) is 13.8 Å². The van der Waals surface area contributed by atoms with E-state index in [1.54, 1.807) is 0 Å². The zero-order chi connectivity index (χ0) is 11.1. The lowest BCUT2D eigenvalue weighted by atomic mass is 10.1. The predicted molar refractivity (Wildman–Crippen MR) is 60.4 cm³/mol. The van der Waals surface area contributed by atoms with Crippen LogP contribution in [0, 0.1) is 5.92 Å². The topological polar surface area (TPSA) is 23.6 Å². The Labute approximate surface area is 88.1 Å². The molecule has 0 radical (unpaired) electrons. The third kappa shape index (κ3) is 3.99. The predicted octanol–water partition coefficient (Wildman–Crippen LogP) is 2.43. The average Bonchev–Trinajstić information content (AvgIpc) is 2.19. The molecule has 14 heavy (non-hydrogen) atoms. The van der Waals surface area contributed by atoms with Crippen LogP contribution in [-0.2, 0) is 0 Å². The van der Waals surface area contributed by atoms with Crippen molar-refractivity contribution in [2.45, 2.75) is 34.1 Å². The zero-order valence-corrected chi connectivity index (χ0v) is 10.2. The normalized spacial score (nSPS) is 12.4. The van der Waals surface area contributed by atoms with Crippen molar-refractivity contribution >= 4 is 6.03 Å². The van der Waals surface area contributed by atoms with E-state index in [-0.39, 0.29) is 6.03 Å². The summed E-state index contributed by atoms with van der Waals surface area (Å²) in [5.74, 6) is 0.583. The van der Waals surface area contributed by atoms with Gasteiger partial charge < -0.3 is 9.80 Å². The summed E-state index contributed by atoms with van der Waals surface area (Å²) in [4.78, 5) is 15.5. The Morgan fingerprint density at radius 2 is 1.71 bits per heavy atom. The molecule has 84 valence electrons. The Morgan fingerprint density at radius 1 is 1.21 bits per heavy atom. The van der Waals surface area contributed by atoms with Gasteiger partial charge in [0.1, 0.15) is 0 Å². The summed E-state index contributed by atoms with van der Waals surface area (Å²) in [6.45, 7) is 10.8. The van der Waals surface area contributed by atoms with Crippen LogP contribution in [0.1, 0.15) is 34.1 Å². The van der Waals surface area contributed by atoms with Crippen LogP contribution in [-0.4, -0.2) is 42.5 Å². The van der Waals surface area contributed by atoms with E-state index in [1.165, 1.54) is 0 Å². The van der Waals surface area contributed by atoms with E-state index in [4.69, 9.17) is 0 Å². The molecule has 0 aromatic heterocycles.